The highest BCUT2D eigenvalue weighted by Gasteiger charge is 2.42. The Kier molecular flexibility index (Phi) is 7.60. The topological polar surface area (TPSA) is 90.6 Å². The second-order valence-electron chi connectivity index (χ2n) is 7.00. The lowest BCUT2D eigenvalue weighted by Gasteiger charge is -2.29. The number of benzene rings is 1. The van der Waals surface area contributed by atoms with E-state index in [0.29, 0.717) is 26.0 Å². The van der Waals surface area contributed by atoms with Crippen molar-refractivity contribution in [3.63, 3.8) is 0 Å². The molecule has 0 spiro atoms. The Balaban J connectivity index is 2.10. The first kappa shape index (κ1) is 20.4. The van der Waals surface area contributed by atoms with Gasteiger partial charge in [-0.15, -0.1) is 0 Å². The van der Waals surface area contributed by atoms with Gasteiger partial charge in [0.1, 0.15) is 6.04 Å². The molecule has 1 aliphatic rings. The summed E-state index contributed by atoms with van der Waals surface area (Å²) in [5.41, 5.74) is 7.16. The van der Waals surface area contributed by atoms with E-state index in [1.165, 1.54) is 7.11 Å². The number of hydrogen-bond donors (Lipinski definition) is 2. The maximum Gasteiger partial charge on any atom is 0.328 e. The van der Waals surface area contributed by atoms with Crippen LogP contribution in [0.2, 0.25) is 0 Å². The molecule has 1 aromatic carbocycles. The van der Waals surface area contributed by atoms with Crippen molar-refractivity contribution in [2.45, 2.75) is 51.1 Å². The molecule has 6 nitrogen and oxygen atoms in total. The number of rotatable bonds is 9. The zero-order valence-electron chi connectivity index (χ0n) is 15.8. The molecule has 0 unspecified atom stereocenters. The highest BCUT2D eigenvalue weighted by atomic mass is 16.5. The summed E-state index contributed by atoms with van der Waals surface area (Å²) in [6.45, 7) is 1.01. The third-order valence-electron chi connectivity index (χ3n) is 5.32. The summed E-state index contributed by atoms with van der Waals surface area (Å²) in [6, 6.07) is 7.03. The molecule has 1 saturated carbocycles. The fraction of sp³-hybridized carbons (Fsp3) is 0.600. The molecule has 6 heteroatoms. The van der Waals surface area contributed by atoms with Crippen LogP contribution in [0.4, 0.5) is 0 Å². The van der Waals surface area contributed by atoms with Crippen LogP contribution < -0.4 is 11.1 Å². The summed E-state index contributed by atoms with van der Waals surface area (Å²) < 4.78 is 10.1. The molecule has 0 aromatic heterocycles. The van der Waals surface area contributed by atoms with Crippen molar-refractivity contribution < 1.29 is 19.1 Å². The summed E-state index contributed by atoms with van der Waals surface area (Å²) in [4.78, 5) is 25.2. The lowest BCUT2D eigenvalue weighted by atomic mass is 9.81. The summed E-state index contributed by atoms with van der Waals surface area (Å²) in [5.74, 6) is -0.498. The SMILES string of the molecule is COCCC1(C(=O)N[C@@H](Cc2ccc(CN)cc2)C(=O)OC)CCCC1. The van der Waals surface area contributed by atoms with Crippen LogP contribution in [0.3, 0.4) is 0 Å². The Morgan fingerprint density at radius 1 is 1.15 bits per heavy atom. The molecule has 144 valence electrons. The number of amides is 1. The average Bonchev–Trinajstić information content (AvgIpc) is 3.16. The van der Waals surface area contributed by atoms with Crippen LogP contribution in [-0.4, -0.2) is 38.7 Å². The third-order valence-corrected chi connectivity index (χ3v) is 5.32. The molecule has 3 N–H and O–H groups in total. The lowest BCUT2D eigenvalue weighted by Crippen LogP contribution is -2.49. The Bertz CT molecular complexity index is 594. The molecule has 1 fully saturated rings. The number of nitrogens with one attached hydrogen (secondary N) is 1. The van der Waals surface area contributed by atoms with Gasteiger partial charge in [0.15, 0.2) is 0 Å². The smallest absolute Gasteiger partial charge is 0.328 e. The highest BCUT2D eigenvalue weighted by molar-refractivity contribution is 5.88. The van der Waals surface area contributed by atoms with Crippen molar-refractivity contribution in [2.24, 2.45) is 11.1 Å². The van der Waals surface area contributed by atoms with Crippen LogP contribution in [0.1, 0.15) is 43.2 Å². The van der Waals surface area contributed by atoms with E-state index in [2.05, 4.69) is 5.32 Å². The van der Waals surface area contributed by atoms with Gasteiger partial charge in [0, 0.05) is 26.7 Å². The minimum absolute atomic E-state index is 0.0685. The Morgan fingerprint density at radius 2 is 1.77 bits per heavy atom. The second kappa shape index (κ2) is 9.69. The van der Waals surface area contributed by atoms with Gasteiger partial charge < -0.3 is 20.5 Å². The molecule has 26 heavy (non-hydrogen) atoms. The third kappa shape index (κ3) is 5.05. The molecule has 1 aromatic rings. The molecule has 2 rings (SSSR count). The molecule has 0 aliphatic heterocycles. The van der Waals surface area contributed by atoms with Crippen molar-refractivity contribution >= 4 is 11.9 Å². The van der Waals surface area contributed by atoms with Gasteiger partial charge in [-0.2, -0.15) is 0 Å². The van der Waals surface area contributed by atoms with Crippen LogP contribution in [0, 0.1) is 5.41 Å². The van der Waals surface area contributed by atoms with Gasteiger partial charge in [0.25, 0.3) is 0 Å². The molecule has 1 amide bonds. The number of hydrogen-bond acceptors (Lipinski definition) is 5. The van der Waals surface area contributed by atoms with Crippen molar-refractivity contribution in [1.82, 2.24) is 5.32 Å². The van der Waals surface area contributed by atoms with E-state index in [9.17, 15) is 9.59 Å². The van der Waals surface area contributed by atoms with Gasteiger partial charge in [-0.05, 0) is 30.4 Å². The first-order valence-electron chi connectivity index (χ1n) is 9.20. The molecular weight excluding hydrogens is 332 g/mol. The predicted octanol–water partition coefficient (Wildman–Crippen LogP) is 1.94. The monoisotopic (exact) mass is 362 g/mol. The van der Waals surface area contributed by atoms with Crippen LogP contribution in [0.25, 0.3) is 0 Å². The molecule has 1 aliphatic carbocycles. The van der Waals surface area contributed by atoms with E-state index in [1.807, 2.05) is 24.3 Å². The number of ether oxygens (including phenoxy) is 2. The number of nitrogens with two attached hydrogens (primary N) is 1. The molecule has 0 heterocycles. The number of carbonyl (C=O) groups is 2. The fourth-order valence-corrected chi connectivity index (χ4v) is 3.63. The van der Waals surface area contributed by atoms with Crippen molar-refractivity contribution in [3.05, 3.63) is 35.4 Å². The first-order valence-corrected chi connectivity index (χ1v) is 9.20. The maximum atomic E-state index is 13.0. The van der Waals surface area contributed by atoms with E-state index in [4.69, 9.17) is 15.2 Å². The maximum absolute atomic E-state index is 13.0. The minimum Gasteiger partial charge on any atom is -0.467 e. The van der Waals surface area contributed by atoms with Crippen LogP contribution >= 0.6 is 0 Å². The number of esters is 1. The fourth-order valence-electron chi connectivity index (χ4n) is 3.63. The zero-order chi connectivity index (χ0) is 19.0. The van der Waals surface area contributed by atoms with Crippen molar-refractivity contribution in [2.75, 3.05) is 20.8 Å². The van der Waals surface area contributed by atoms with E-state index >= 15 is 0 Å². The van der Waals surface area contributed by atoms with E-state index in [-0.39, 0.29) is 5.91 Å². The van der Waals surface area contributed by atoms with Crippen molar-refractivity contribution in [1.29, 1.82) is 0 Å². The summed E-state index contributed by atoms with van der Waals surface area (Å²) >= 11 is 0. The molecule has 0 radical (unpaired) electrons. The molecular formula is C20H30N2O4. The molecule has 0 bridgehead atoms. The van der Waals surface area contributed by atoms with Crippen LogP contribution in [0.15, 0.2) is 24.3 Å². The van der Waals surface area contributed by atoms with Crippen molar-refractivity contribution in [3.8, 4) is 0 Å². The number of carbonyl (C=O) groups excluding carboxylic acids is 2. The summed E-state index contributed by atoms with van der Waals surface area (Å²) in [7, 11) is 2.98. The Labute approximate surface area is 155 Å². The normalized spacial score (nSPS) is 16.9. The second-order valence-corrected chi connectivity index (χ2v) is 7.00. The van der Waals surface area contributed by atoms with E-state index in [0.717, 1.165) is 36.8 Å². The minimum atomic E-state index is -0.698. The van der Waals surface area contributed by atoms with E-state index < -0.39 is 17.4 Å². The predicted molar refractivity (Wildman–Crippen MR) is 99.4 cm³/mol. The van der Waals surface area contributed by atoms with Gasteiger partial charge in [-0.3, -0.25) is 4.79 Å². The zero-order valence-corrected chi connectivity index (χ0v) is 15.8. The van der Waals surface area contributed by atoms with Gasteiger partial charge in [0.05, 0.1) is 12.5 Å². The first-order chi connectivity index (χ1) is 12.5. The van der Waals surface area contributed by atoms with Gasteiger partial charge in [0.2, 0.25) is 5.91 Å². The number of methoxy groups -OCH3 is 2. The largest absolute Gasteiger partial charge is 0.467 e. The van der Waals surface area contributed by atoms with Gasteiger partial charge in [-0.1, -0.05) is 37.1 Å². The standard InChI is InChI=1S/C20H30N2O4/c1-25-12-11-20(9-3-4-10-20)19(24)22-17(18(23)26-2)13-15-5-7-16(14-21)8-6-15/h5-8,17H,3-4,9-14,21H2,1-2H3,(H,22,24)/t17-/m0/s1. The average molecular weight is 362 g/mol. The summed E-state index contributed by atoms with van der Waals surface area (Å²) in [5, 5.41) is 2.94. The Hall–Kier alpha value is -1.92. The van der Waals surface area contributed by atoms with Gasteiger partial charge >= 0.3 is 5.97 Å². The lowest BCUT2D eigenvalue weighted by molar-refractivity contribution is -0.146. The van der Waals surface area contributed by atoms with Crippen LogP contribution in [0.5, 0.6) is 0 Å². The highest BCUT2D eigenvalue weighted by Crippen LogP contribution is 2.41. The Morgan fingerprint density at radius 3 is 2.31 bits per heavy atom. The van der Waals surface area contributed by atoms with Crippen LogP contribution in [-0.2, 0) is 32.0 Å². The molecule has 1 atom stereocenters. The van der Waals surface area contributed by atoms with E-state index in [1.54, 1.807) is 7.11 Å². The molecule has 0 saturated heterocycles. The quantitative estimate of drug-likeness (QED) is 0.655. The van der Waals surface area contributed by atoms with Gasteiger partial charge in [-0.25, -0.2) is 4.79 Å². The summed E-state index contributed by atoms with van der Waals surface area (Å²) in [6.07, 6.45) is 4.79.